The van der Waals surface area contributed by atoms with E-state index in [1.165, 1.54) is 17.5 Å². The average Bonchev–Trinajstić information content (AvgIpc) is 2.98. The lowest BCUT2D eigenvalue weighted by Crippen LogP contribution is -2.39. The molecule has 0 aliphatic carbocycles. The van der Waals surface area contributed by atoms with Crippen LogP contribution >= 0.6 is 0 Å². The van der Waals surface area contributed by atoms with E-state index in [0.717, 1.165) is 35.6 Å². The normalized spacial score (nSPS) is 21.0. The Morgan fingerprint density at radius 3 is 2.52 bits per heavy atom. The molecule has 0 unspecified atom stereocenters. The lowest BCUT2D eigenvalue weighted by atomic mass is 9.92. The second-order valence-electron chi connectivity index (χ2n) is 7.63. The summed E-state index contributed by atoms with van der Waals surface area (Å²) in [6, 6.07) is 6.41. The lowest BCUT2D eigenvalue weighted by molar-refractivity contribution is 0.356. The Labute approximate surface area is 148 Å². The van der Waals surface area contributed by atoms with E-state index >= 15 is 0 Å². The number of piperidine rings is 1. The Morgan fingerprint density at radius 1 is 1.04 bits per heavy atom. The molecule has 0 N–H and O–H groups in total. The summed E-state index contributed by atoms with van der Waals surface area (Å²) in [4.78, 5) is 11.5. The van der Waals surface area contributed by atoms with Gasteiger partial charge in [0.05, 0.1) is 17.3 Å². The molecule has 3 heterocycles. The third kappa shape index (κ3) is 2.88. The van der Waals surface area contributed by atoms with E-state index in [2.05, 4.69) is 65.9 Å². The van der Waals surface area contributed by atoms with Gasteiger partial charge in [-0.1, -0.05) is 31.5 Å². The van der Waals surface area contributed by atoms with Gasteiger partial charge in [-0.25, -0.2) is 14.6 Å². The molecule has 0 saturated carbocycles. The number of rotatable bonds is 2. The van der Waals surface area contributed by atoms with Crippen LogP contribution in [-0.4, -0.2) is 32.8 Å². The highest BCUT2D eigenvalue weighted by atomic mass is 15.3. The van der Waals surface area contributed by atoms with Crippen LogP contribution in [-0.2, 0) is 0 Å². The summed E-state index contributed by atoms with van der Waals surface area (Å²) in [6.45, 7) is 11.0. The first-order valence-electron chi connectivity index (χ1n) is 9.04. The first-order chi connectivity index (χ1) is 12.0. The molecule has 2 atom stereocenters. The lowest BCUT2D eigenvalue weighted by Gasteiger charge is -2.35. The predicted octanol–water partition coefficient (Wildman–Crippen LogP) is 3.91. The zero-order chi connectivity index (χ0) is 17.6. The van der Waals surface area contributed by atoms with Gasteiger partial charge in [-0.15, -0.1) is 0 Å². The van der Waals surface area contributed by atoms with Crippen LogP contribution in [0.5, 0.6) is 0 Å². The van der Waals surface area contributed by atoms with Crippen LogP contribution in [0.3, 0.4) is 0 Å². The van der Waals surface area contributed by atoms with Gasteiger partial charge in [0.1, 0.15) is 12.1 Å². The summed E-state index contributed by atoms with van der Waals surface area (Å²) in [5, 5.41) is 5.67. The number of benzene rings is 1. The first-order valence-corrected chi connectivity index (χ1v) is 9.04. The molecule has 2 aromatic heterocycles. The van der Waals surface area contributed by atoms with Crippen molar-refractivity contribution in [1.82, 2.24) is 19.7 Å². The fourth-order valence-electron chi connectivity index (χ4n) is 4.14. The molecule has 4 rings (SSSR count). The number of anilines is 1. The maximum Gasteiger partial charge on any atom is 0.168 e. The van der Waals surface area contributed by atoms with E-state index < -0.39 is 0 Å². The monoisotopic (exact) mass is 335 g/mol. The van der Waals surface area contributed by atoms with Crippen LogP contribution in [0.2, 0.25) is 0 Å². The molecule has 5 nitrogen and oxygen atoms in total. The Morgan fingerprint density at radius 2 is 1.80 bits per heavy atom. The maximum atomic E-state index is 4.64. The minimum absolute atomic E-state index is 0.683. The van der Waals surface area contributed by atoms with Crippen LogP contribution in [0.25, 0.3) is 16.7 Å². The van der Waals surface area contributed by atoms with E-state index in [-0.39, 0.29) is 0 Å². The molecule has 1 aliphatic rings. The van der Waals surface area contributed by atoms with Gasteiger partial charge in [-0.05, 0) is 43.7 Å². The average molecular weight is 335 g/mol. The predicted molar refractivity (Wildman–Crippen MR) is 101 cm³/mol. The van der Waals surface area contributed by atoms with Crippen LogP contribution in [0.4, 0.5) is 5.82 Å². The quantitative estimate of drug-likeness (QED) is 0.712. The highest BCUT2D eigenvalue weighted by Gasteiger charge is 2.25. The topological polar surface area (TPSA) is 46.8 Å². The van der Waals surface area contributed by atoms with Crippen LogP contribution in [0.1, 0.15) is 31.4 Å². The Balaban J connectivity index is 1.81. The molecule has 0 spiro atoms. The highest BCUT2D eigenvalue weighted by molar-refractivity contribution is 5.87. The fraction of sp³-hybridized carbons (Fsp3) is 0.450. The van der Waals surface area contributed by atoms with Crippen molar-refractivity contribution in [3.63, 3.8) is 0 Å². The molecule has 3 aromatic rings. The van der Waals surface area contributed by atoms with E-state index in [1.54, 1.807) is 6.33 Å². The number of aromatic nitrogens is 4. The molecule has 5 heteroatoms. The van der Waals surface area contributed by atoms with Gasteiger partial charge in [0.25, 0.3) is 0 Å². The smallest absolute Gasteiger partial charge is 0.168 e. The van der Waals surface area contributed by atoms with Gasteiger partial charge in [0.2, 0.25) is 0 Å². The Hall–Kier alpha value is -2.43. The minimum Gasteiger partial charge on any atom is -0.355 e. The summed E-state index contributed by atoms with van der Waals surface area (Å²) in [5.41, 5.74) is 4.41. The summed E-state index contributed by atoms with van der Waals surface area (Å²) in [7, 11) is 0. The number of hydrogen-bond acceptors (Lipinski definition) is 4. The van der Waals surface area contributed by atoms with Gasteiger partial charge in [0.15, 0.2) is 5.65 Å². The Bertz CT molecular complexity index is 904. The molecule has 1 fully saturated rings. The molecule has 25 heavy (non-hydrogen) atoms. The minimum atomic E-state index is 0.683. The van der Waals surface area contributed by atoms with Gasteiger partial charge in [-0.2, -0.15) is 5.10 Å². The summed E-state index contributed by atoms with van der Waals surface area (Å²) in [5.74, 6) is 2.38. The molecule has 0 bridgehead atoms. The summed E-state index contributed by atoms with van der Waals surface area (Å²) in [6.07, 6.45) is 4.86. The maximum absolute atomic E-state index is 4.64. The number of aryl methyl sites for hydroxylation is 2. The van der Waals surface area contributed by atoms with Gasteiger partial charge < -0.3 is 4.90 Å². The third-order valence-corrected chi connectivity index (χ3v) is 5.09. The van der Waals surface area contributed by atoms with E-state index in [4.69, 9.17) is 0 Å². The standard InChI is InChI=1S/C20H25N5/c1-13-5-6-18(16(4)8-13)25-20-17(9-23-25)19(21-12-22-20)24-10-14(2)7-15(3)11-24/h5-6,8-9,12,14-15H,7,10-11H2,1-4H3/t14-,15-/m1/s1. The van der Waals surface area contributed by atoms with Crippen molar-refractivity contribution < 1.29 is 0 Å². The van der Waals surface area contributed by atoms with Gasteiger partial charge in [-0.3, -0.25) is 0 Å². The molecule has 1 aromatic carbocycles. The van der Waals surface area contributed by atoms with Crippen molar-refractivity contribution in [2.24, 2.45) is 11.8 Å². The fourth-order valence-corrected chi connectivity index (χ4v) is 4.14. The summed E-state index contributed by atoms with van der Waals surface area (Å²) >= 11 is 0. The highest BCUT2D eigenvalue weighted by Crippen LogP contribution is 2.30. The van der Waals surface area contributed by atoms with Crippen LogP contribution in [0, 0.1) is 25.7 Å². The molecule has 1 saturated heterocycles. The second-order valence-corrected chi connectivity index (χ2v) is 7.63. The number of fused-ring (bicyclic) bond motifs is 1. The van der Waals surface area contributed by atoms with Crippen molar-refractivity contribution >= 4 is 16.9 Å². The largest absolute Gasteiger partial charge is 0.355 e. The SMILES string of the molecule is Cc1ccc(-n2ncc3c(N4C[C@H](C)C[C@@H](C)C4)ncnc32)c(C)c1. The van der Waals surface area contributed by atoms with Crippen LogP contribution in [0.15, 0.2) is 30.7 Å². The van der Waals surface area contributed by atoms with Crippen molar-refractivity contribution in [1.29, 1.82) is 0 Å². The molecule has 130 valence electrons. The molecule has 0 radical (unpaired) electrons. The van der Waals surface area contributed by atoms with Crippen molar-refractivity contribution in [3.8, 4) is 5.69 Å². The molecular formula is C20H25N5. The first kappa shape index (κ1) is 16.1. The zero-order valence-corrected chi connectivity index (χ0v) is 15.4. The number of nitrogens with zero attached hydrogens (tertiary/aromatic N) is 5. The zero-order valence-electron chi connectivity index (χ0n) is 15.4. The van der Waals surface area contributed by atoms with Crippen molar-refractivity contribution in [2.45, 2.75) is 34.1 Å². The molecular weight excluding hydrogens is 310 g/mol. The van der Waals surface area contributed by atoms with Crippen molar-refractivity contribution in [3.05, 3.63) is 41.9 Å². The van der Waals surface area contributed by atoms with Crippen LogP contribution < -0.4 is 4.90 Å². The second kappa shape index (κ2) is 6.14. The van der Waals surface area contributed by atoms with Crippen molar-refractivity contribution in [2.75, 3.05) is 18.0 Å². The van der Waals surface area contributed by atoms with E-state index in [0.29, 0.717) is 11.8 Å². The Kier molecular flexibility index (Phi) is 3.94. The van der Waals surface area contributed by atoms with Gasteiger partial charge in [0, 0.05) is 13.1 Å². The van der Waals surface area contributed by atoms with Gasteiger partial charge >= 0.3 is 0 Å². The third-order valence-electron chi connectivity index (χ3n) is 5.09. The van der Waals surface area contributed by atoms with E-state index in [1.807, 2.05) is 10.9 Å². The van der Waals surface area contributed by atoms with E-state index in [9.17, 15) is 0 Å². The number of hydrogen-bond donors (Lipinski definition) is 0. The summed E-state index contributed by atoms with van der Waals surface area (Å²) < 4.78 is 1.94. The molecule has 0 amide bonds. The molecule has 1 aliphatic heterocycles.